The van der Waals surface area contributed by atoms with Gasteiger partial charge in [0, 0.05) is 13.1 Å². The summed E-state index contributed by atoms with van der Waals surface area (Å²) in [6.07, 6.45) is 1.60. The van der Waals surface area contributed by atoms with E-state index in [1.807, 2.05) is 6.92 Å². The fourth-order valence-electron chi connectivity index (χ4n) is 0.829. The molecule has 0 rings (SSSR count). The van der Waals surface area contributed by atoms with Crippen molar-refractivity contribution in [3.63, 3.8) is 0 Å². The molecule has 0 aliphatic carbocycles. The fraction of sp³-hybridized carbons (Fsp3) is 0.857. The summed E-state index contributed by atoms with van der Waals surface area (Å²) in [6.45, 7) is 4.02. The molecule has 0 heterocycles. The van der Waals surface area contributed by atoms with Gasteiger partial charge in [-0.25, -0.2) is 4.79 Å². The van der Waals surface area contributed by atoms with Crippen molar-refractivity contribution in [3.05, 3.63) is 0 Å². The van der Waals surface area contributed by atoms with Gasteiger partial charge in [0.15, 0.2) is 0 Å². The van der Waals surface area contributed by atoms with Gasteiger partial charge in [-0.2, -0.15) is 5.48 Å². The first-order chi connectivity index (χ1) is 5.20. The van der Waals surface area contributed by atoms with Crippen molar-refractivity contribution in [2.75, 3.05) is 7.05 Å². The van der Waals surface area contributed by atoms with Crippen LogP contribution in [0.1, 0.15) is 26.7 Å². The molecule has 4 heteroatoms. The fourth-order valence-corrected chi connectivity index (χ4v) is 0.829. The van der Waals surface area contributed by atoms with E-state index < -0.39 is 6.09 Å². The number of hydrogen-bond acceptors (Lipinski definition) is 3. The van der Waals surface area contributed by atoms with Crippen LogP contribution in [0, 0.1) is 0 Å². The molecule has 0 saturated heterocycles. The van der Waals surface area contributed by atoms with Gasteiger partial charge in [0.1, 0.15) is 0 Å². The monoisotopic (exact) mass is 160 g/mol. The van der Waals surface area contributed by atoms with E-state index in [-0.39, 0.29) is 6.04 Å². The molecular weight excluding hydrogens is 144 g/mol. The van der Waals surface area contributed by atoms with Crippen LogP contribution in [0.3, 0.4) is 0 Å². The number of hydroxylamine groups is 1. The molecule has 0 radical (unpaired) electrons. The van der Waals surface area contributed by atoms with Crippen LogP contribution in [0.4, 0.5) is 4.79 Å². The molecule has 2 N–H and O–H groups in total. The highest BCUT2D eigenvalue weighted by atomic mass is 16.7. The van der Waals surface area contributed by atoms with E-state index in [4.69, 9.17) is 0 Å². The second kappa shape index (κ2) is 5.97. The van der Waals surface area contributed by atoms with Gasteiger partial charge in [-0.05, 0) is 13.3 Å². The van der Waals surface area contributed by atoms with Gasteiger partial charge in [0.25, 0.3) is 0 Å². The average molecular weight is 160 g/mol. The van der Waals surface area contributed by atoms with Crippen molar-refractivity contribution >= 4 is 6.09 Å². The summed E-state index contributed by atoms with van der Waals surface area (Å²) in [5.41, 5.74) is 2.30. The summed E-state index contributed by atoms with van der Waals surface area (Å²) >= 11 is 0. The van der Waals surface area contributed by atoms with Crippen molar-refractivity contribution in [3.8, 4) is 0 Å². The maximum absolute atomic E-state index is 10.7. The van der Waals surface area contributed by atoms with E-state index >= 15 is 0 Å². The van der Waals surface area contributed by atoms with Gasteiger partial charge in [-0.3, -0.25) is 0 Å². The highest BCUT2D eigenvalue weighted by molar-refractivity contribution is 5.67. The normalized spacial score (nSPS) is 12.3. The smallest absolute Gasteiger partial charge is 0.354 e. The molecular formula is C7H16N2O2. The number of nitrogens with one attached hydrogen (secondary N) is 2. The summed E-state index contributed by atoms with van der Waals surface area (Å²) in [7, 11) is 1.55. The Labute approximate surface area is 67.3 Å². The maximum Gasteiger partial charge on any atom is 0.426 e. The predicted molar refractivity (Wildman–Crippen MR) is 43.0 cm³/mol. The molecule has 11 heavy (non-hydrogen) atoms. The third kappa shape index (κ3) is 5.66. The first-order valence-electron chi connectivity index (χ1n) is 3.84. The van der Waals surface area contributed by atoms with Crippen LogP contribution in [-0.2, 0) is 4.84 Å². The van der Waals surface area contributed by atoms with Crippen LogP contribution >= 0.6 is 0 Å². The van der Waals surface area contributed by atoms with Gasteiger partial charge in [-0.15, -0.1) is 0 Å². The Hall–Kier alpha value is -0.770. The quantitative estimate of drug-likeness (QED) is 0.604. The Morgan fingerprint density at radius 1 is 1.64 bits per heavy atom. The van der Waals surface area contributed by atoms with Crippen molar-refractivity contribution in [2.45, 2.75) is 32.7 Å². The number of carbonyl (C=O) groups excluding carboxylic acids is 1. The van der Waals surface area contributed by atoms with Crippen molar-refractivity contribution in [2.24, 2.45) is 0 Å². The van der Waals surface area contributed by atoms with E-state index in [9.17, 15) is 4.79 Å². The number of rotatable bonds is 4. The van der Waals surface area contributed by atoms with Gasteiger partial charge in [0.2, 0.25) is 0 Å². The minimum Gasteiger partial charge on any atom is -0.354 e. The Balaban J connectivity index is 3.40. The summed E-state index contributed by atoms with van der Waals surface area (Å²) in [4.78, 5) is 15.2. The third-order valence-corrected chi connectivity index (χ3v) is 1.28. The molecule has 0 spiro atoms. The lowest BCUT2D eigenvalue weighted by atomic mass is 10.2. The van der Waals surface area contributed by atoms with Crippen LogP contribution in [0.2, 0.25) is 0 Å². The average Bonchev–Trinajstić information content (AvgIpc) is 1.87. The zero-order valence-electron chi connectivity index (χ0n) is 7.31. The van der Waals surface area contributed by atoms with E-state index in [2.05, 4.69) is 22.6 Å². The van der Waals surface area contributed by atoms with Gasteiger partial charge in [0.05, 0.1) is 0 Å². The minimum absolute atomic E-state index is 0.181. The van der Waals surface area contributed by atoms with E-state index in [0.717, 1.165) is 12.8 Å². The summed E-state index contributed by atoms with van der Waals surface area (Å²) in [5.74, 6) is 0. The molecule has 0 aromatic rings. The highest BCUT2D eigenvalue weighted by Gasteiger charge is 2.05. The second-order valence-corrected chi connectivity index (χ2v) is 2.43. The maximum atomic E-state index is 10.7. The highest BCUT2D eigenvalue weighted by Crippen LogP contribution is 1.94. The molecule has 1 unspecified atom stereocenters. The molecule has 0 bridgehead atoms. The lowest BCUT2D eigenvalue weighted by Gasteiger charge is -2.11. The SMILES string of the molecule is CCCC(C)NC(=O)ONC. The lowest BCUT2D eigenvalue weighted by Crippen LogP contribution is -2.35. The molecule has 0 aromatic heterocycles. The molecule has 0 saturated carbocycles. The van der Waals surface area contributed by atoms with Crippen LogP contribution in [0.5, 0.6) is 0 Å². The topological polar surface area (TPSA) is 50.4 Å². The van der Waals surface area contributed by atoms with Gasteiger partial charge >= 0.3 is 6.09 Å². The molecule has 1 amide bonds. The summed E-state index contributed by atoms with van der Waals surface area (Å²) in [6, 6.07) is 0.181. The zero-order chi connectivity index (χ0) is 8.69. The van der Waals surface area contributed by atoms with E-state index in [1.165, 1.54) is 0 Å². The number of amides is 1. The number of hydrogen-bond donors (Lipinski definition) is 2. The predicted octanol–water partition coefficient (Wildman–Crippen LogP) is 1.04. The molecule has 0 aromatic carbocycles. The van der Waals surface area contributed by atoms with Crippen molar-refractivity contribution < 1.29 is 9.63 Å². The standard InChI is InChI=1S/C7H16N2O2/c1-4-5-6(2)9-7(10)11-8-3/h6,8H,4-5H2,1-3H3,(H,9,10). The van der Waals surface area contributed by atoms with Crippen LogP contribution < -0.4 is 10.8 Å². The second-order valence-electron chi connectivity index (χ2n) is 2.43. The van der Waals surface area contributed by atoms with Crippen LogP contribution in [-0.4, -0.2) is 19.2 Å². The summed E-state index contributed by atoms with van der Waals surface area (Å²) in [5, 5.41) is 2.66. The minimum atomic E-state index is -0.423. The third-order valence-electron chi connectivity index (χ3n) is 1.28. The largest absolute Gasteiger partial charge is 0.426 e. The van der Waals surface area contributed by atoms with Crippen LogP contribution in [0.15, 0.2) is 0 Å². The zero-order valence-corrected chi connectivity index (χ0v) is 7.31. The molecule has 0 aliphatic rings. The van der Waals surface area contributed by atoms with Crippen molar-refractivity contribution in [1.82, 2.24) is 10.8 Å². The lowest BCUT2D eigenvalue weighted by molar-refractivity contribution is 0.0994. The van der Waals surface area contributed by atoms with E-state index in [0.29, 0.717) is 0 Å². The first-order valence-corrected chi connectivity index (χ1v) is 3.84. The van der Waals surface area contributed by atoms with Gasteiger partial charge in [-0.1, -0.05) is 13.3 Å². The Kier molecular flexibility index (Phi) is 5.56. The van der Waals surface area contributed by atoms with Crippen molar-refractivity contribution in [1.29, 1.82) is 0 Å². The van der Waals surface area contributed by atoms with Crippen LogP contribution in [0.25, 0.3) is 0 Å². The van der Waals surface area contributed by atoms with Gasteiger partial charge < -0.3 is 10.2 Å². The first kappa shape index (κ1) is 10.2. The summed E-state index contributed by atoms with van der Waals surface area (Å²) < 4.78 is 0. The Morgan fingerprint density at radius 2 is 2.27 bits per heavy atom. The molecule has 4 nitrogen and oxygen atoms in total. The van der Waals surface area contributed by atoms with E-state index in [1.54, 1.807) is 7.05 Å². The molecule has 0 fully saturated rings. The Morgan fingerprint density at radius 3 is 2.73 bits per heavy atom. The molecule has 0 aliphatic heterocycles. The Bertz CT molecular complexity index is 117. The molecule has 1 atom stereocenters. The molecule has 66 valence electrons. The number of carbonyl (C=O) groups is 1.